The van der Waals surface area contributed by atoms with Crippen molar-refractivity contribution in [3.05, 3.63) is 29.8 Å². The van der Waals surface area contributed by atoms with Gasteiger partial charge in [0.1, 0.15) is 0 Å². The van der Waals surface area contributed by atoms with Crippen molar-refractivity contribution in [2.75, 3.05) is 25.0 Å². The smallest absolute Gasteiger partial charge is 0.324 e. The highest BCUT2D eigenvalue weighted by atomic mass is 16.4. The molecule has 0 saturated heterocycles. The summed E-state index contributed by atoms with van der Waals surface area (Å²) < 4.78 is 0. The molecule has 0 fully saturated rings. The monoisotopic (exact) mass is 290 g/mol. The molecule has 0 saturated carbocycles. The summed E-state index contributed by atoms with van der Waals surface area (Å²) in [6.07, 6.45) is 0.967. The Kier molecular flexibility index (Phi) is 4.50. The highest BCUT2D eigenvalue weighted by Crippen LogP contribution is 2.30. The van der Waals surface area contributed by atoms with Gasteiger partial charge in [-0.1, -0.05) is 32.0 Å². The number of nitrogens with zero attached hydrogens (tertiary/aromatic N) is 2. The van der Waals surface area contributed by atoms with Crippen molar-refractivity contribution in [1.29, 1.82) is 0 Å². The lowest BCUT2D eigenvalue weighted by Crippen LogP contribution is -2.47. The summed E-state index contributed by atoms with van der Waals surface area (Å²) in [4.78, 5) is 26.8. The number of aliphatic carboxylic acids is 1. The van der Waals surface area contributed by atoms with Gasteiger partial charge in [0.15, 0.2) is 0 Å². The lowest BCUT2D eigenvalue weighted by molar-refractivity contribution is -0.141. The van der Waals surface area contributed by atoms with Gasteiger partial charge in [-0.3, -0.25) is 9.69 Å². The molecule has 0 spiro atoms. The van der Waals surface area contributed by atoms with Gasteiger partial charge in [0.2, 0.25) is 0 Å². The van der Waals surface area contributed by atoms with Crippen LogP contribution < -0.4 is 4.90 Å². The number of carboxylic acids is 1. The van der Waals surface area contributed by atoms with Crippen LogP contribution in [0.5, 0.6) is 0 Å². The molecule has 0 bridgehead atoms. The molecule has 1 aliphatic heterocycles. The minimum absolute atomic E-state index is 0.137. The van der Waals surface area contributed by atoms with Crippen LogP contribution in [0.1, 0.15) is 19.4 Å². The molecule has 0 aliphatic carbocycles. The number of amides is 2. The summed E-state index contributed by atoms with van der Waals surface area (Å²) in [6.45, 7) is 4.61. The van der Waals surface area contributed by atoms with Gasteiger partial charge < -0.3 is 10.0 Å². The van der Waals surface area contributed by atoms with Gasteiger partial charge in [-0.2, -0.15) is 0 Å². The van der Waals surface area contributed by atoms with Gasteiger partial charge in [-0.25, -0.2) is 4.79 Å². The van der Waals surface area contributed by atoms with Crippen molar-refractivity contribution in [2.45, 2.75) is 20.3 Å². The lowest BCUT2D eigenvalue weighted by atomic mass is 9.94. The number of anilines is 1. The van der Waals surface area contributed by atoms with E-state index in [0.717, 1.165) is 12.1 Å². The molecular formula is C16H22N2O3. The van der Waals surface area contributed by atoms with Crippen molar-refractivity contribution in [2.24, 2.45) is 11.8 Å². The zero-order valence-electron chi connectivity index (χ0n) is 12.7. The molecule has 0 radical (unpaired) electrons. The third-order valence-electron chi connectivity index (χ3n) is 3.87. The number of fused-ring (bicyclic) bond motifs is 1. The first-order chi connectivity index (χ1) is 9.90. The number of para-hydroxylation sites is 1. The lowest BCUT2D eigenvalue weighted by Gasteiger charge is -2.36. The van der Waals surface area contributed by atoms with Gasteiger partial charge in [0, 0.05) is 25.8 Å². The number of carbonyl (C=O) groups is 2. The molecule has 1 heterocycles. The van der Waals surface area contributed by atoms with Crippen molar-refractivity contribution >= 4 is 17.7 Å². The Hall–Kier alpha value is -2.04. The van der Waals surface area contributed by atoms with Crippen molar-refractivity contribution in [3.63, 3.8) is 0 Å². The summed E-state index contributed by atoms with van der Waals surface area (Å²) in [7, 11) is 1.66. The maximum atomic E-state index is 12.6. The molecule has 5 nitrogen and oxygen atoms in total. The van der Waals surface area contributed by atoms with E-state index in [1.165, 1.54) is 10.5 Å². The second-order valence-electron chi connectivity index (χ2n) is 5.95. The van der Waals surface area contributed by atoms with Crippen LogP contribution in [0, 0.1) is 11.8 Å². The molecule has 114 valence electrons. The van der Waals surface area contributed by atoms with Crippen molar-refractivity contribution in [3.8, 4) is 0 Å². The first kappa shape index (κ1) is 15.4. The van der Waals surface area contributed by atoms with Gasteiger partial charge in [-0.15, -0.1) is 0 Å². The fourth-order valence-corrected chi connectivity index (χ4v) is 2.75. The number of benzene rings is 1. The van der Waals surface area contributed by atoms with E-state index in [9.17, 15) is 9.59 Å². The van der Waals surface area contributed by atoms with E-state index in [4.69, 9.17) is 5.11 Å². The number of carboxylic acid groups (broad SMARTS) is 1. The summed E-state index contributed by atoms with van der Waals surface area (Å²) >= 11 is 0. The number of hydrogen-bond acceptors (Lipinski definition) is 2. The fraction of sp³-hybridized carbons (Fsp3) is 0.500. The topological polar surface area (TPSA) is 60.9 Å². The summed E-state index contributed by atoms with van der Waals surface area (Å²) in [5.74, 6) is -1.06. The average molecular weight is 290 g/mol. The minimum Gasteiger partial charge on any atom is -0.481 e. The van der Waals surface area contributed by atoms with E-state index in [1.54, 1.807) is 18.9 Å². The average Bonchev–Trinajstić information content (AvgIpc) is 2.45. The molecule has 2 atom stereocenters. The highest BCUT2D eigenvalue weighted by molar-refractivity contribution is 5.93. The molecule has 1 N–H and O–H groups in total. The second kappa shape index (κ2) is 6.16. The van der Waals surface area contributed by atoms with E-state index in [1.807, 2.05) is 24.3 Å². The summed E-state index contributed by atoms with van der Waals surface area (Å²) in [5.41, 5.74) is 2.11. The largest absolute Gasteiger partial charge is 0.481 e. The Bertz CT molecular complexity index is 544. The normalized spacial score (nSPS) is 18.8. The van der Waals surface area contributed by atoms with E-state index in [-0.39, 0.29) is 12.6 Å². The van der Waals surface area contributed by atoms with Crippen LogP contribution in [0.25, 0.3) is 0 Å². The van der Waals surface area contributed by atoms with Crippen LogP contribution in [0.4, 0.5) is 10.5 Å². The first-order valence-electron chi connectivity index (χ1n) is 7.23. The second-order valence-corrected chi connectivity index (χ2v) is 5.95. The predicted molar refractivity (Wildman–Crippen MR) is 81.5 cm³/mol. The van der Waals surface area contributed by atoms with E-state index >= 15 is 0 Å². The summed E-state index contributed by atoms with van der Waals surface area (Å²) in [6, 6.07) is 7.77. The SMILES string of the molecule is CC1Cc2ccccc2N(C(=O)N(C)CC(C)C(=O)O)C1. The predicted octanol–water partition coefficient (Wildman–Crippen LogP) is 2.46. The number of hydrogen-bond donors (Lipinski definition) is 1. The van der Waals surface area contributed by atoms with Crippen LogP contribution in [0.15, 0.2) is 24.3 Å². The van der Waals surface area contributed by atoms with E-state index in [2.05, 4.69) is 6.92 Å². The van der Waals surface area contributed by atoms with Crippen LogP contribution in [-0.2, 0) is 11.2 Å². The number of carbonyl (C=O) groups excluding carboxylic acids is 1. The summed E-state index contributed by atoms with van der Waals surface area (Å²) in [5, 5.41) is 8.97. The molecule has 21 heavy (non-hydrogen) atoms. The molecule has 5 heteroatoms. The van der Waals surface area contributed by atoms with Gasteiger partial charge in [0.25, 0.3) is 0 Å². The molecule has 1 aromatic rings. The first-order valence-corrected chi connectivity index (χ1v) is 7.23. The highest BCUT2D eigenvalue weighted by Gasteiger charge is 2.29. The minimum atomic E-state index is -0.887. The molecule has 2 rings (SSSR count). The number of rotatable bonds is 3. The fourth-order valence-electron chi connectivity index (χ4n) is 2.75. The maximum absolute atomic E-state index is 12.6. The molecular weight excluding hydrogens is 268 g/mol. The molecule has 2 amide bonds. The molecule has 0 aromatic heterocycles. The van der Waals surface area contributed by atoms with Gasteiger partial charge >= 0.3 is 12.0 Å². The van der Waals surface area contributed by atoms with Crippen LogP contribution in [0.3, 0.4) is 0 Å². The van der Waals surface area contributed by atoms with E-state index < -0.39 is 11.9 Å². The zero-order valence-corrected chi connectivity index (χ0v) is 12.7. The Morgan fingerprint density at radius 1 is 1.43 bits per heavy atom. The Balaban J connectivity index is 2.17. The molecule has 1 aliphatic rings. The maximum Gasteiger partial charge on any atom is 0.324 e. The Labute approximate surface area is 125 Å². The molecule has 1 aromatic carbocycles. The quantitative estimate of drug-likeness (QED) is 0.930. The Morgan fingerprint density at radius 2 is 2.10 bits per heavy atom. The van der Waals surface area contributed by atoms with Gasteiger partial charge in [-0.05, 0) is 24.0 Å². The third kappa shape index (κ3) is 3.35. The van der Waals surface area contributed by atoms with Gasteiger partial charge in [0.05, 0.1) is 5.92 Å². The zero-order chi connectivity index (χ0) is 15.6. The van der Waals surface area contributed by atoms with E-state index in [0.29, 0.717) is 12.5 Å². The standard InChI is InChI=1S/C16H22N2O3/c1-11-8-13-6-4-5-7-14(13)18(9-11)16(21)17(3)10-12(2)15(19)20/h4-7,11-12H,8-10H2,1-3H3,(H,19,20). The van der Waals surface area contributed by atoms with Crippen LogP contribution >= 0.6 is 0 Å². The van der Waals surface area contributed by atoms with Crippen molar-refractivity contribution < 1.29 is 14.7 Å². The van der Waals surface area contributed by atoms with Crippen LogP contribution in [0.2, 0.25) is 0 Å². The molecule has 2 unspecified atom stereocenters. The van der Waals surface area contributed by atoms with Crippen LogP contribution in [-0.4, -0.2) is 42.1 Å². The Morgan fingerprint density at radius 3 is 2.76 bits per heavy atom. The third-order valence-corrected chi connectivity index (χ3v) is 3.87. The van der Waals surface area contributed by atoms with Crippen molar-refractivity contribution in [1.82, 2.24) is 4.90 Å². The number of urea groups is 1.